The molecule has 0 heterocycles. The van der Waals surface area contributed by atoms with Crippen LogP contribution in [0.5, 0.6) is 17.2 Å². The number of benzene rings is 3. The van der Waals surface area contributed by atoms with Crippen LogP contribution in [0.4, 0.5) is 39.5 Å². The van der Waals surface area contributed by atoms with Gasteiger partial charge in [0, 0.05) is 5.56 Å². The number of carboxylic acids is 1. The van der Waals surface area contributed by atoms with Gasteiger partial charge in [0.2, 0.25) is 11.6 Å². The normalized spacial score (nSPS) is 11.2. The maximum atomic E-state index is 14.7. The molecule has 0 aromatic heterocycles. The summed E-state index contributed by atoms with van der Waals surface area (Å²) in [6.07, 6.45) is 0. The molecule has 0 fully saturated rings. The maximum absolute atomic E-state index is 14.7. The first-order valence-corrected chi connectivity index (χ1v) is 8.13. The number of hydrogen-bond donors (Lipinski definition) is 4. The molecule has 0 unspecified atom stereocenters. The fraction of sp³-hybridized carbons (Fsp3) is 0. The molecule has 3 aromatic carbocycles. The highest BCUT2D eigenvalue weighted by Crippen LogP contribution is 2.48. The van der Waals surface area contributed by atoms with Crippen LogP contribution in [0.15, 0.2) is 6.07 Å². The molecule has 0 aliphatic rings. The van der Waals surface area contributed by atoms with Gasteiger partial charge < -0.3 is 20.4 Å². The molecular weight excluding hydrogens is 479 g/mol. The average molecular weight is 484 g/mol. The minimum absolute atomic E-state index is 0.138. The molecule has 3 rings (SSSR count). The number of phenolic OH excluding ortho intramolecular Hbond substituents is 3. The van der Waals surface area contributed by atoms with Gasteiger partial charge in [0.1, 0.15) is 0 Å². The zero-order valence-electron chi connectivity index (χ0n) is 15.2. The molecule has 3 aromatic rings. The summed E-state index contributed by atoms with van der Waals surface area (Å²) in [5.41, 5.74) is -9.80. The third kappa shape index (κ3) is 3.25. The Kier molecular flexibility index (Phi) is 5.56. The second-order valence-electron chi connectivity index (χ2n) is 6.27. The highest BCUT2D eigenvalue weighted by Gasteiger charge is 2.36. The quantitative estimate of drug-likeness (QED) is 0.180. The van der Waals surface area contributed by atoms with Crippen LogP contribution in [0.25, 0.3) is 22.3 Å². The predicted molar refractivity (Wildman–Crippen MR) is 88.9 cm³/mol. The van der Waals surface area contributed by atoms with E-state index in [0.29, 0.717) is 0 Å². The Morgan fingerprint density at radius 3 is 1.18 bits per heavy atom. The summed E-state index contributed by atoms with van der Waals surface area (Å²) in [4.78, 5) is 11.3. The molecule has 0 aliphatic carbocycles. The Morgan fingerprint density at radius 2 is 0.818 bits per heavy atom. The molecule has 5 nitrogen and oxygen atoms in total. The summed E-state index contributed by atoms with van der Waals surface area (Å²) in [6, 6.07) is 0.138. The van der Waals surface area contributed by atoms with E-state index in [4.69, 9.17) is 5.11 Å². The van der Waals surface area contributed by atoms with Crippen LogP contribution >= 0.6 is 0 Å². The van der Waals surface area contributed by atoms with Gasteiger partial charge in [-0.2, -0.15) is 0 Å². The smallest absolute Gasteiger partial charge is 0.336 e. The van der Waals surface area contributed by atoms with Crippen molar-refractivity contribution in [3.05, 3.63) is 64.0 Å². The molecule has 4 N–H and O–H groups in total. The lowest BCUT2D eigenvalue weighted by molar-refractivity contribution is 0.0696. The Balaban J connectivity index is 2.52. The summed E-state index contributed by atoms with van der Waals surface area (Å²) in [5, 5.41) is 37.9. The molecule has 14 heteroatoms. The number of hydrogen-bond acceptors (Lipinski definition) is 4. The van der Waals surface area contributed by atoms with Gasteiger partial charge in [0.25, 0.3) is 0 Å². The SMILES string of the molecule is O=C(O)c1cc(O)c(O)c(O)c1-c1c(F)c(F)c(-c2c(F)c(F)c(F)c(F)c2F)c(F)c1F. The Labute approximate surface area is 175 Å². The molecule has 0 amide bonds. The Hall–Kier alpha value is -4.10. The van der Waals surface area contributed by atoms with Gasteiger partial charge in [0.05, 0.1) is 22.3 Å². The van der Waals surface area contributed by atoms with E-state index in [2.05, 4.69) is 0 Å². The van der Waals surface area contributed by atoms with Gasteiger partial charge in [-0.1, -0.05) is 0 Å². The molecule has 174 valence electrons. The van der Waals surface area contributed by atoms with Crippen LogP contribution < -0.4 is 0 Å². The Morgan fingerprint density at radius 1 is 0.515 bits per heavy atom. The van der Waals surface area contributed by atoms with Crippen molar-refractivity contribution >= 4 is 5.97 Å². The number of carboxylic acid groups (broad SMARTS) is 1. The van der Waals surface area contributed by atoms with E-state index >= 15 is 0 Å². The monoisotopic (exact) mass is 484 g/mol. The topological polar surface area (TPSA) is 98.0 Å². The summed E-state index contributed by atoms with van der Waals surface area (Å²) in [7, 11) is 0. The van der Waals surface area contributed by atoms with Crippen LogP contribution in [0.3, 0.4) is 0 Å². The van der Waals surface area contributed by atoms with Crippen molar-refractivity contribution in [1.82, 2.24) is 0 Å². The van der Waals surface area contributed by atoms with Gasteiger partial charge in [-0.3, -0.25) is 0 Å². The predicted octanol–water partition coefficient (Wildman–Crippen LogP) is 5.09. The van der Waals surface area contributed by atoms with Gasteiger partial charge in [-0.05, 0) is 6.07 Å². The van der Waals surface area contributed by atoms with Crippen molar-refractivity contribution in [2.24, 2.45) is 0 Å². The third-order valence-corrected chi connectivity index (χ3v) is 4.46. The van der Waals surface area contributed by atoms with Crippen LogP contribution in [0.2, 0.25) is 0 Å². The van der Waals surface area contributed by atoms with Gasteiger partial charge >= 0.3 is 5.97 Å². The van der Waals surface area contributed by atoms with Crippen LogP contribution in [-0.4, -0.2) is 26.4 Å². The molecule has 0 atom stereocenters. The van der Waals surface area contributed by atoms with Crippen molar-refractivity contribution in [3.8, 4) is 39.5 Å². The third-order valence-electron chi connectivity index (χ3n) is 4.46. The summed E-state index contributed by atoms with van der Waals surface area (Å²) < 4.78 is 127. The second kappa shape index (κ2) is 7.79. The second-order valence-corrected chi connectivity index (χ2v) is 6.27. The maximum Gasteiger partial charge on any atom is 0.336 e. The van der Waals surface area contributed by atoms with Crippen molar-refractivity contribution < 1.29 is 64.7 Å². The van der Waals surface area contributed by atoms with E-state index < -0.39 is 103 Å². The largest absolute Gasteiger partial charge is 0.504 e. The molecule has 33 heavy (non-hydrogen) atoms. The summed E-state index contributed by atoms with van der Waals surface area (Å²) in [5.74, 6) is -31.4. The highest BCUT2D eigenvalue weighted by molar-refractivity contribution is 6.00. The van der Waals surface area contributed by atoms with Crippen molar-refractivity contribution in [2.45, 2.75) is 0 Å². The zero-order chi connectivity index (χ0) is 25.1. The van der Waals surface area contributed by atoms with E-state index in [9.17, 15) is 59.6 Å². The number of phenols is 3. The number of aromatic carboxylic acids is 1. The van der Waals surface area contributed by atoms with E-state index in [1.807, 2.05) is 0 Å². The minimum atomic E-state index is -2.78. The first-order valence-electron chi connectivity index (χ1n) is 8.13. The van der Waals surface area contributed by atoms with E-state index in [-0.39, 0.29) is 6.07 Å². The zero-order valence-corrected chi connectivity index (χ0v) is 15.2. The first kappa shape index (κ1) is 23.6. The van der Waals surface area contributed by atoms with Gasteiger partial charge in [-0.15, -0.1) is 0 Å². The minimum Gasteiger partial charge on any atom is -0.504 e. The molecule has 0 bridgehead atoms. The number of halogens is 9. The van der Waals surface area contributed by atoms with E-state index in [0.717, 1.165) is 0 Å². The molecule has 0 aliphatic heterocycles. The van der Waals surface area contributed by atoms with Crippen LogP contribution in [0, 0.1) is 52.4 Å². The number of rotatable bonds is 3. The number of carbonyl (C=O) groups is 1. The van der Waals surface area contributed by atoms with Gasteiger partial charge in [0.15, 0.2) is 58.0 Å². The lowest BCUT2D eigenvalue weighted by atomic mass is 9.92. The van der Waals surface area contributed by atoms with Crippen molar-refractivity contribution in [3.63, 3.8) is 0 Å². The standard InChI is InChI=1S/C19H5F9O5/c20-8-5(4-2(19(32)33)1-3(29)17(30)18(4)31)9(21)11(23)6(10(8)22)7-12(24)14(26)16(28)15(27)13(7)25/h1,29-31H,(H,32,33). The first-order chi connectivity index (χ1) is 15.2. The van der Waals surface area contributed by atoms with Crippen LogP contribution in [-0.2, 0) is 0 Å². The number of aromatic hydroxyl groups is 3. The molecule has 0 spiro atoms. The fourth-order valence-corrected chi connectivity index (χ4v) is 2.96. The lowest BCUT2D eigenvalue weighted by Gasteiger charge is -2.17. The van der Waals surface area contributed by atoms with Gasteiger partial charge in [-0.25, -0.2) is 44.3 Å². The molecule has 0 radical (unpaired) electrons. The van der Waals surface area contributed by atoms with E-state index in [1.165, 1.54) is 0 Å². The molecular formula is C19H5F9O5. The fourth-order valence-electron chi connectivity index (χ4n) is 2.96. The lowest BCUT2D eigenvalue weighted by Crippen LogP contribution is -2.11. The van der Waals surface area contributed by atoms with Crippen LogP contribution in [0.1, 0.15) is 10.4 Å². The summed E-state index contributed by atoms with van der Waals surface area (Å²) >= 11 is 0. The molecule has 0 saturated carbocycles. The molecule has 0 saturated heterocycles. The summed E-state index contributed by atoms with van der Waals surface area (Å²) in [6.45, 7) is 0. The average Bonchev–Trinajstić information content (AvgIpc) is 2.76. The highest BCUT2D eigenvalue weighted by atomic mass is 19.2. The van der Waals surface area contributed by atoms with Crippen molar-refractivity contribution in [1.29, 1.82) is 0 Å². The van der Waals surface area contributed by atoms with E-state index in [1.54, 1.807) is 0 Å². The van der Waals surface area contributed by atoms with Crippen molar-refractivity contribution in [2.75, 3.05) is 0 Å². The Bertz CT molecular complexity index is 1310.